The molecule has 1 N–H and O–H groups in total. The predicted octanol–water partition coefficient (Wildman–Crippen LogP) is 2.64. The van der Waals surface area contributed by atoms with E-state index in [2.05, 4.69) is 15.0 Å². The van der Waals surface area contributed by atoms with E-state index in [0.29, 0.717) is 37.7 Å². The van der Waals surface area contributed by atoms with Gasteiger partial charge in [0.2, 0.25) is 0 Å². The number of hydrogen-bond acceptors (Lipinski definition) is 6. The lowest BCUT2D eigenvalue weighted by molar-refractivity contribution is 0.0594. The van der Waals surface area contributed by atoms with Gasteiger partial charge in [-0.25, -0.2) is 9.78 Å². The van der Waals surface area contributed by atoms with Crippen LogP contribution in [0.4, 0.5) is 0 Å². The molecule has 2 rings (SSSR count). The molecule has 2 aromatic rings. The van der Waals surface area contributed by atoms with Gasteiger partial charge in [0.1, 0.15) is 11.4 Å². The molecule has 0 fully saturated rings. The standard InChI is InChI=1S/C20H24N2O5/c1-4-26-17-10-9-14(13-18(17)27-5-2)11-12-21-19(23)15-7-6-8-16(22-15)20(24)25-3/h6-10,13H,4-5,11-12H2,1-3H3,(H,21,23). The van der Waals surface area contributed by atoms with E-state index in [9.17, 15) is 9.59 Å². The van der Waals surface area contributed by atoms with E-state index in [1.807, 2.05) is 32.0 Å². The molecule has 1 aromatic carbocycles. The van der Waals surface area contributed by atoms with Gasteiger partial charge in [-0.3, -0.25) is 4.79 Å². The maximum Gasteiger partial charge on any atom is 0.356 e. The minimum atomic E-state index is -0.581. The summed E-state index contributed by atoms with van der Waals surface area (Å²) < 4.78 is 15.8. The maximum absolute atomic E-state index is 12.2. The number of nitrogens with one attached hydrogen (secondary N) is 1. The molecule has 0 spiro atoms. The smallest absolute Gasteiger partial charge is 0.356 e. The van der Waals surface area contributed by atoms with Crippen molar-refractivity contribution in [2.45, 2.75) is 20.3 Å². The average Bonchev–Trinajstić information content (AvgIpc) is 2.69. The molecule has 0 aliphatic heterocycles. The van der Waals surface area contributed by atoms with Crippen LogP contribution in [0.25, 0.3) is 0 Å². The first-order valence-electron chi connectivity index (χ1n) is 8.81. The average molecular weight is 372 g/mol. The highest BCUT2D eigenvalue weighted by Crippen LogP contribution is 2.28. The fourth-order valence-electron chi connectivity index (χ4n) is 2.44. The van der Waals surface area contributed by atoms with Crippen LogP contribution >= 0.6 is 0 Å². The van der Waals surface area contributed by atoms with Gasteiger partial charge in [-0.15, -0.1) is 0 Å². The Morgan fingerprint density at radius 1 is 1.00 bits per heavy atom. The van der Waals surface area contributed by atoms with Crippen LogP contribution in [-0.4, -0.2) is 43.7 Å². The number of amides is 1. The first-order chi connectivity index (χ1) is 13.1. The third-order valence-corrected chi connectivity index (χ3v) is 3.68. The van der Waals surface area contributed by atoms with Crippen molar-refractivity contribution < 1.29 is 23.8 Å². The van der Waals surface area contributed by atoms with Crippen LogP contribution in [-0.2, 0) is 11.2 Å². The SMILES string of the molecule is CCOc1ccc(CCNC(=O)c2cccc(C(=O)OC)n2)cc1OCC. The van der Waals surface area contributed by atoms with Gasteiger partial charge in [0.15, 0.2) is 11.5 Å². The summed E-state index contributed by atoms with van der Waals surface area (Å²) in [6, 6.07) is 10.4. The molecule has 0 unspecified atom stereocenters. The van der Waals surface area contributed by atoms with E-state index in [-0.39, 0.29) is 17.3 Å². The van der Waals surface area contributed by atoms with Crippen molar-refractivity contribution in [2.75, 3.05) is 26.9 Å². The van der Waals surface area contributed by atoms with Gasteiger partial charge in [-0.2, -0.15) is 0 Å². The number of nitrogens with zero attached hydrogens (tertiary/aromatic N) is 1. The van der Waals surface area contributed by atoms with Crippen molar-refractivity contribution in [3.8, 4) is 11.5 Å². The highest BCUT2D eigenvalue weighted by molar-refractivity contribution is 5.94. The van der Waals surface area contributed by atoms with Crippen LogP contribution < -0.4 is 14.8 Å². The van der Waals surface area contributed by atoms with Gasteiger partial charge >= 0.3 is 5.97 Å². The molecule has 0 bridgehead atoms. The topological polar surface area (TPSA) is 86.8 Å². The van der Waals surface area contributed by atoms with Gasteiger partial charge in [0, 0.05) is 6.54 Å². The minimum Gasteiger partial charge on any atom is -0.490 e. The van der Waals surface area contributed by atoms with Crippen LogP contribution in [0.3, 0.4) is 0 Å². The van der Waals surface area contributed by atoms with Gasteiger partial charge in [0.05, 0.1) is 20.3 Å². The van der Waals surface area contributed by atoms with Crippen LogP contribution in [0.1, 0.15) is 40.4 Å². The van der Waals surface area contributed by atoms with Crippen molar-refractivity contribution in [1.82, 2.24) is 10.3 Å². The van der Waals surface area contributed by atoms with E-state index in [1.54, 1.807) is 12.1 Å². The van der Waals surface area contributed by atoms with Crippen molar-refractivity contribution in [2.24, 2.45) is 0 Å². The summed E-state index contributed by atoms with van der Waals surface area (Å²) in [6.45, 7) is 5.36. The normalized spacial score (nSPS) is 10.2. The number of methoxy groups -OCH3 is 1. The summed E-state index contributed by atoms with van der Waals surface area (Å²) >= 11 is 0. The fraction of sp³-hybridized carbons (Fsp3) is 0.350. The molecule has 1 amide bonds. The molecule has 0 aliphatic carbocycles. The number of aromatic nitrogens is 1. The van der Waals surface area contributed by atoms with Gasteiger partial charge in [0.25, 0.3) is 5.91 Å². The lowest BCUT2D eigenvalue weighted by atomic mass is 10.1. The Morgan fingerprint density at radius 3 is 2.41 bits per heavy atom. The Kier molecular flexibility index (Phi) is 7.61. The first-order valence-corrected chi connectivity index (χ1v) is 8.81. The molecule has 7 heteroatoms. The van der Waals surface area contributed by atoms with Crippen molar-refractivity contribution in [3.63, 3.8) is 0 Å². The van der Waals surface area contributed by atoms with E-state index in [4.69, 9.17) is 9.47 Å². The van der Waals surface area contributed by atoms with Crippen LogP contribution in [0.5, 0.6) is 11.5 Å². The number of hydrogen-bond donors (Lipinski definition) is 1. The summed E-state index contributed by atoms with van der Waals surface area (Å²) in [5.41, 5.74) is 1.27. The molecule has 1 heterocycles. The van der Waals surface area contributed by atoms with Crippen molar-refractivity contribution >= 4 is 11.9 Å². The molecule has 0 radical (unpaired) electrons. The Morgan fingerprint density at radius 2 is 1.70 bits per heavy atom. The zero-order valence-corrected chi connectivity index (χ0v) is 15.8. The Bertz CT molecular complexity index is 792. The summed E-state index contributed by atoms with van der Waals surface area (Å²) in [5.74, 6) is 0.464. The lowest BCUT2D eigenvalue weighted by Crippen LogP contribution is -2.27. The number of esters is 1. The number of ether oxygens (including phenoxy) is 3. The lowest BCUT2D eigenvalue weighted by Gasteiger charge is -2.12. The van der Waals surface area contributed by atoms with Crippen molar-refractivity contribution in [3.05, 3.63) is 53.3 Å². The van der Waals surface area contributed by atoms with Crippen molar-refractivity contribution in [1.29, 1.82) is 0 Å². The quantitative estimate of drug-likeness (QED) is 0.681. The first kappa shape index (κ1) is 20.2. The molecule has 0 atom stereocenters. The summed E-state index contributed by atoms with van der Waals surface area (Å²) in [7, 11) is 1.27. The Hall–Kier alpha value is -3.09. The second kappa shape index (κ2) is 10.2. The number of carbonyl (C=O) groups is 2. The summed E-state index contributed by atoms with van der Waals surface area (Å²) in [5, 5.41) is 2.80. The van der Waals surface area contributed by atoms with E-state index in [0.717, 1.165) is 5.56 Å². The van der Waals surface area contributed by atoms with Gasteiger partial charge in [-0.1, -0.05) is 12.1 Å². The zero-order chi connectivity index (χ0) is 19.6. The van der Waals surface area contributed by atoms with E-state index >= 15 is 0 Å². The number of carbonyl (C=O) groups excluding carboxylic acids is 2. The molecular formula is C20H24N2O5. The second-order valence-electron chi connectivity index (χ2n) is 5.55. The third-order valence-electron chi connectivity index (χ3n) is 3.68. The van der Waals surface area contributed by atoms with Crippen LogP contribution in [0, 0.1) is 0 Å². The molecule has 27 heavy (non-hydrogen) atoms. The van der Waals surface area contributed by atoms with Crippen LogP contribution in [0.2, 0.25) is 0 Å². The molecule has 0 saturated heterocycles. The molecule has 1 aromatic heterocycles. The molecular weight excluding hydrogens is 348 g/mol. The van der Waals surface area contributed by atoms with E-state index < -0.39 is 5.97 Å². The fourth-order valence-corrected chi connectivity index (χ4v) is 2.44. The van der Waals surface area contributed by atoms with Gasteiger partial charge < -0.3 is 19.5 Å². The van der Waals surface area contributed by atoms with Gasteiger partial charge in [-0.05, 0) is 50.1 Å². The molecule has 0 aliphatic rings. The highest BCUT2D eigenvalue weighted by Gasteiger charge is 2.12. The Labute approximate surface area is 158 Å². The number of benzene rings is 1. The third kappa shape index (κ3) is 5.70. The molecule has 0 saturated carbocycles. The molecule has 144 valence electrons. The molecule has 7 nitrogen and oxygen atoms in total. The van der Waals surface area contributed by atoms with E-state index in [1.165, 1.54) is 13.2 Å². The van der Waals surface area contributed by atoms with Crippen LogP contribution in [0.15, 0.2) is 36.4 Å². The largest absolute Gasteiger partial charge is 0.490 e. The monoisotopic (exact) mass is 372 g/mol. The second-order valence-corrected chi connectivity index (χ2v) is 5.55. The zero-order valence-electron chi connectivity index (χ0n) is 15.8. The minimum absolute atomic E-state index is 0.0954. The number of rotatable bonds is 9. The Balaban J connectivity index is 1.96. The summed E-state index contributed by atoms with van der Waals surface area (Å²) in [4.78, 5) is 27.8. The number of pyridine rings is 1. The maximum atomic E-state index is 12.2. The highest BCUT2D eigenvalue weighted by atomic mass is 16.5. The predicted molar refractivity (Wildman–Crippen MR) is 100 cm³/mol. The summed E-state index contributed by atoms with van der Waals surface area (Å²) in [6.07, 6.45) is 0.620.